The van der Waals surface area contributed by atoms with Crippen LogP contribution in [0, 0.1) is 11.8 Å². The van der Waals surface area contributed by atoms with Gasteiger partial charge in [0.05, 0.1) is 0 Å². The Labute approximate surface area is 86.3 Å². The molecule has 72 valence electrons. The minimum Gasteiger partial charge on any atom is -0.102 e. The molecule has 1 aliphatic rings. The predicted molar refractivity (Wildman–Crippen MR) is 63.9 cm³/mol. The summed E-state index contributed by atoms with van der Waals surface area (Å²) in [6, 6.07) is 0. The molecule has 0 saturated carbocycles. The maximum atomic E-state index is 3.83. The summed E-state index contributed by atoms with van der Waals surface area (Å²) in [6.45, 7) is 7.67. The van der Waals surface area contributed by atoms with Gasteiger partial charge in [0, 0.05) is 11.8 Å². The Kier molecular flexibility index (Phi) is 4.49. The zero-order valence-electron chi connectivity index (χ0n) is 8.34. The molecule has 0 heterocycles. The molecular weight excluding hydrogens is 168 g/mol. The Morgan fingerprint density at radius 3 is 1.36 bits per heavy atom. The van der Waals surface area contributed by atoms with Crippen molar-refractivity contribution < 1.29 is 0 Å². The van der Waals surface area contributed by atoms with Crippen molar-refractivity contribution in [2.75, 3.05) is 0 Å². The van der Waals surface area contributed by atoms with Crippen LogP contribution in [0.2, 0.25) is 0 Å². The fraction of sp³-hybridized carbons (Fsp3) is 0.143. The molecule has 0 aromatic rings. The first-order valence-corrected chi connectivity index (χ1v) is 4.82. The van der Waals surface area contributed by atoms with Crippen molar-refractivity contribution in [1.29, 1.82) is 0 Å². The van der Waals surface area contributed by atoms with Gasteiger partial charge in [-0.2, -0.15) is 0 Å². The summed E-state index contributed by atoms with van der Waals surface area (Å²) in [6.07, 6.45) is 20.3. The molecule has 0 aliphatic heterocycles. The molecule has 0 saturated heterocycles. The second-order valence-electron chi connectivity index (χ2n) is 3.17. The zero-order valence-corrected chi connectivity index (χ0v) is 8.34. The second kappa shape index (κ2) is 5.98. The third-order valence-corrected chi connectivity index (χ3v) is 2.21. The van der Waals surface area contributed by atoms with Gasteiger partial charge >= 0.3 is 0 Å². The van der Waals surface area contributed by atoms with Gasteiger partial charge in [-0.3, -0.25) is 0 Å². The van der Waals surface area contributed by atoms with Gasteiger partial charge in [0.15, 0.2) is 0 Å². The molecule has 2 unspecified atom stereocenters. The first-order valence-electron chi connectivity index (χ1n) is 4.82. The Morgan fingerprint density at radius 2 is 1.00 bits per heavy atom. The van der Waals surface area contributed by atoms with Crippen molar-refractivity contribution in [2.45, 2.75) is 0 Å². The van der Waals surface area contributed by atoms with E-state index in [1.165, 1.54) is 0 Å². The highest BCUT2D eigenvalue weighted by atomic mass is 14.1. The van der Waals surface area contributed by atoms with Crippen LogP contribution < -0.4 is 0 Å². The van der Waals surface area contributed by atoms with Crippen LogP contribution in [0.25, 0.3) is 0 Å². The summed E-state index contributed by atoms with van der Waals surface area (Å²) in [5.74, 6) is 0.666. The molecule has 2 atom stereocenters. The molecule has 0 fully saturated rings. The number of hydrogen-bond acceptors (Lipinski definition) is 0. The van der Waals surface area contributed by atoms with Crippen molar-refractivity contribution in [3.63, 3.8) is 0 Å². The lowest BCUT2D eigenvalue weighted by Gasteiger charge is -2.13. The van der Waals surface area contributed by atoms with Crippen molar-refractivity contribution in [3.8, 4) is 0 Å². The highest BCUT2D eigenvalue weighted by Crippen LogP contribution is 2.18. The maximum Gasteiger partial charge on any atom is 0.00446 e. The Balaban J connectivity index is 2.90. The third-order valence-electron chi connectivity index (χ3n) is 2.21. The average molecular weight is 184 g/mol. The fourth-order valence-corrected chi connectivity index (χ4v) is 1.37. The topological polar surface area (TPSA) is 0 Å². The summed E-state index contributed by atoms with van der Waals surface area (Å²) in [5.41, 5.74) is 0. The van der Waals surface area contributed by atoms with Gasteiger partial charge in [0.25, 0.3) is 0 Å². The summed E-state index contributed by atoms with van der Waals surface area (Å²) >= 11 is 0. The van der Waals surface area contributed by atoms with Gasteiger partial charge in [-0.05, 0) is 0 Å². The third kappa shape index (κ3) is 3.06. The summed E-state index contributed by atoms with van der Waals surface area (Å²) in [5, 5.41) is 0. The Hall–Kier alpha value is -1.56. The molecule has 0 N–H and O–H groups in total. The van der Waals surface area contributed by atoms with E-state index >= 15 is 0 Å². The molecule has 14 heavy (non-hydrogen) atoms. The van der Waals surface area contributed by atoms with Crippen LogP contribution >= 0.6 is 0 Å². The lowest BCUT2D eigenvalue weighted by atomic mass is 9.91. The van der Waals surface area contributed by atoms with Gasteiger partial charge in [-0.25, -0.2) is 0 Å². The van der Waals surface area contributed by atoms with Gasteiger partial charge in [-0.1, -0.05) is 60.8 Å². The van der Waals surface area contributed by atoms with E-state index in [-0.39, 0.29) is 0 Å². The van der Waals surface area contributed by atoms with E-state index in [0.29, 0.717) is 11.8 Å². The molecule has 1 aliphatic carbocycles. The molecule has 0 bridgehead atoms. The lowest BCUT2D eigenvalue weighted by molar-refractivity contribution is 0.678. The van der Waals surface area contributed by atoms with Crippen molar-refractivity contribution in [1.82, 2.24) is 0 Å². The van der Waals surface area contributed by atoms with Crippen LogP contribution in [-0.2, 0) is 0 Å². The van der Waals surface area contributed by atoms with Crippen LogP contribution in [0.3, 0.4) is 0 Å². The molecular formula is C14H16. The van der Waals surface area contributed by atoms with E-state index in [2.05, 4.69) is 25.3 Å². The normalized spacial score (nSPS) is 35.1. The smallest absolute Gasteiger partial charge is 0.00446 e. The van der Waals surface area contributed by atoms with Crippen LogP contribution in [0.5, 0.6) is 0 Å². The van der Waals surface area contributed by atoms with E-state index in [9.17, 15) is 0 Å². The monoisotopic (exact) mass is 184 g/mol. The van der Waals surface area contributed by atoms with Crippen LogP contribution in [-0.4, -0.2) is 0 Å². The average Bonchev–Trinajstić information content (AvgIpc) is 2.24. The van der Waals surface area contributed by atoms with Crippen molar-refractivity contribution >= 4 is 0 Å². The Morgan fingerprint density at radius 1 is 0.643 bits per heavy atom. The summed E-state index contributed by atoms with van der Waals surface area (Å²) in [4.78, 5) is 0. The van der Waals surface area contributed by atoms with E-state index in [1.807, 2.05) is 48.6 Å². The standard InChI is InChI=1S/C14H16/c1-3-13-11-9-7-5-6-8-10-12-14(13)4-2/h3-14H,1-2H2/b7-5-,8-6-,11-9+,12-10+. The molecule has 0 amide bonds. The Bertz CT molecular complexity index is 268. The molecule has 1 rings (SSSR count). The van der Waals surface area contributed by atoms with Crippen LogP contribution in [0.15, 0.2) is 73.9 Å². The SMILES string of the molecule is C=CC1/C=C/C=C\C=C/C=C/C1C=C. The molecule has 0 nitrogen and oxygen atoms in total. The molecule has 0 heteroatoms. The molecule has 0 spiro atoms. The van der Waals surface area contributed by atoms with Crippen molar-refractivity contribution in [2.24, 2.45) is 11.8 Å². The van der Waals surface area contributed by atoms with Gasteiger partial charge in [-0.15, -0.1) is 13.2 Å². The largest absolute Gasteiger partial charge is 0.102 e. The summed E-state index contributed by atoms with van der Waals surface area (Å²) in [7, 11) is 0. The minimum absolute atomic E-state index is 0.333. The highest BCUT2D eigenvalue weighted by molar-refractivity contribution is 5.22. The molecule has 0 radical (unpaired) electrons. The van der Waals surface area contributed by atoms with E-state index in [4.69, 9.17) is 0 Å². The van der Waals surface area contributed by atoms with E-state index in [0.717, 1.165) is 0 Å². The molecule has 0 aromatic heterocycles. The number of hydrogen-bond donors (Lipinski definition) is 0. The predicted octanol–water partition coefficient (Wildman–Crippen LogP) is 3.83. The van der Waals surface area contributed by atoms with Crippen LogP contribution in [0.1, 0.15) is 0 Å². The molecule has 0 aromatic carbocycles. The van der Waals surface area contributed by atoms with Crippen molar-refractivity contribution in [3.05, 3.63) is 73.9 Å². The van der Waals surface area contributed by atoms with Gasteiger partial charge in [0.2, 0.25) is 0 Å². The lowest BCUT2D eigenvalue weighted by Crippen LogP contribution is -2.04. The zero-order chi connectivity index (χ0) is 10.2. The van der Waals surface area contributed by atoms with E-state index in [1.54, 1.807) is 0 Å². The van der Waals surface area contributed by atoms with Crippen LogP contribution in [0.4, 0.5) is 0 Å². The van der Waals surface area contributed by atoms with Gasteiger partial charge < -0.3 is 0 Å². The number of rotatable bonds is 2. The van der Waals surface area contributed by atoms with E-state index < -0.39 is 0 Å². The fourth-order valence-electron chi connectivity index (χ4n) is 1.37. The summed E-state index contributed by atoms with van der Waals surface area (Å²) < 4.78 is 0. The quantitative estimate of drug-likeness (QED) is 0.572. The number of allylic oxidation sites excluding steroid dienone is 10. The van der Waals surface area contributed by atoms with Gasteiger partial charge in [0.1, 0.15) is 0 Å². The highest BCUT2D eigenvalue weighted by Gasteiger charge is 2.08. The second-order valence-corrected chi connectivity index (χ2v) is 3.17. The maximum absolute atomic E-state index is 3.83. The first-order chi connectivity index (χ1) is 6.88. The first kappa shape index (κ1) is 10.5. The minimum atomic E-state index is 0.333.